The van der Waals surface area contributed by atoms with Crippen LogP contribution in [0.3, 0.4) is 0 Å². The third-order valence-electron chi connectivity index (χ3n) is 0. The van der Waals surface area contributed by atoms with Gasteiger partial charge < -0.3 is 122 Å². The minimum Gasteiger partial charge on any atom is -0.415 e. The van der Waals surface area contributed by atoms with Crippen molar-refractivity contribution in [3.8, 4) is 0 Å². The Labute approximate surface area is 159 Å². The van der Waals surface area contributed by atoms with Crippen LogP contribution in [0.1, 0.15) is 0 Å². The van der Waals surface area contributed by atoms with Crippen molar-refractivity contribution in [3.63, 3.8) is 0 Å². The molecule has 0 fully saturated rings. The maximum atomic E-state index is 4.66. The van der Waals surface area contributed by atoms with Gasteiger partial charge in [-0.1, -0.05) is 17.3 Å². The Kier molecular flexibility index (Phi) is 46.9. The van der Waals surface area contributed by atoms with Crippen molar-refractivity contribution in [2.45, 2.75) is 0 Å². The van der Waals surface area contributed by atoms with Gasteiger partial charge in [-0.05, 0) is 0 Å². The molecule has 0 bridgehead atoms. The van der Waals surface area contributed by atoms with Crippen LogP contribution in [0.4, 0.5) is 0 Å². The van der Waals surface area contributed by atoms with E-state index in [9.17, 15) is 0 Å². The Bertz CT molecular complexity index is 170. The molecular formula is C4H8N4S8W. The minimum atomic E-state index is 0. The minimum absolute atomic E-state index is 0. The molecule has 0 heterocycles. The van der Waals surface area contributed by atoms with Crippen molar-refractivity contribution in [1.29, 1.82) is 0 Å². The van der Waals surface area contributed by atoms with E-state index in [2.05, 4.69) is 122 Å². The quantitative estimate of drug-likeness (QED) is 0.221. The van der Waals surface area contributed by atoms with E-state index in [1.165, 1.54) is 0 Å². The summed E-state index contributed by atoms with van der Waals surface area (Å²) in [6.07, 6.45) is 0. The predicted octanol–water partition coefficient (Wildman–Crippen LogP) is -0.895. The fourth-order valence-electron chi connectivity index (χ4n) is 0. The molecule has 0 aromatic heterocycles. The Morgan fingerprint density at radius 2 is 0.529 bits per heavy atom. The summed E-state index contributed by atoms with van der Waals surface area (Å²) in [6, 6.07) is 0. The van der Waals surface area contributed by atoms with Gasteiger partial charge >= 0.3 is 21.1 Å². The second-order valence-electron chi connectivity index (χ2n) is 1.28. The zero-order chi connectivity index (χ0) is 14.3. The van der Waals surface area contributed by atoms with E-state index in [4.69, 9.17) is 0 Å². The summed E-state index contributed by atoms with van der Waals surface area (Å²) in [5.74, 6) is 0. The number of rotatable bonds is 0. The fraction of sp³-hybridized carbons (Fsp3) is 0. The first kappa shape index (κ1) is 30.9. The molecule has 0 amide bonds. The molecule has 0 aromatic carbocycles. The molecule has 0 saturated heterocycles. The van der Waals surface area contributed by atoms with E-state index in [0.29, 0.717) is 0 Å². The summed E-state index contributed by atoms with van der Waals surface area (Å²) < 4.78 is 0.333. The first-order chi connectivity index (χ1) is 6.93. The van der Waals surface area contributed by atoms with Crippen LogP contribution in [-0.4, -0.2) is 17.3 Å². The summed E-state index contributed by atoms with van der Waals surface area (Å²) in [6.45, 7) is 0. The summed E-state index contributed by atoms with van der Waals surface area (Å²) in [5, 5.41) is 0. The molecule has 0 saturated carbocycles. The van der Waals surface area contributed by atoms with Crippen LogP contribution in [0, 0.1) is 0 Å². The van der Waals surface area contributed by atoms with Crippen LogP contribution in [0.5, 0.6) is 0 Å². The van der Waals surface area contributed by atoms with Crippen LogP contribution in [0.15, 0.2) is 0 Å². The molecule has 0 rings (SSSR count). The first-order valence-corrected chi connectivity index (χ1v) is 6.05. The van der Waals surface area contributed by atoms with Crippen molar-refractivity contribution in [2.24, 2.45) is 22.9 Å². The smallest absolute Gasteiger partial charge is 0.415 e. The van der Waals surface area contributed by atoms with E-state index >= 15 is 0 Å². The van der Waals surface area contributed by atoms with Gasteiger partial charge in [0.25, 0.3) is 0 Å². The SMILES string of the molecule is NC(=S)[S-].NC(=S)[S-].NC(=S)[S-].NC(=S)[S-].[W+4]. The molecule has 0 aliphatic rings. The molecule has 13 heteroatoms. The third-order valence-corrected chi connectivity index (χ3v) is 0. The van der Waals surface area contributed by atoms with Gasteiger partial charge in [0.15, 0.2) is 0 Å². The molecular weight excluding hydrogens is 544 g/mol. The van der Waals surface area contributed by atoms with Crippen LogP contribution in [-0.2, 0) is 71.6 Å². The molecule has 0 radical (unpaired) electrons. The van der Waals surface area contributed by atoms with Gasteiger partial charge in [0, 0.05) is 0 Å². The molecule has 0 spiro atoms. The molecule has 8 N–H and O–H groups in total. The fourth-order valence-corrected chi connectivity index (χ4v) is 0. The van der Waals surface area contributed by atoms with Crippen molar-refractivity contribution >= 4 is 117 Å². The molecule has 0 aliphatic carbocycles. The van der Waals surface area contributed by atoms with Gasteiger partial charge in [-0.2, -0.15) is 0 Å². The molecule has 0 aromatic rings. The topological polar surface area (TPSA) is 104 Å². The number of thiocarbonyl (C=S) groups is 4. The Morgan fingerprint density at radius 1 is 0.529 bits per heavy atom. The van der Waals surface area contributed by atoms with Crippen molar-refractivity contribution in [2.75, 3.05) is 0 Å². The van der Waals surface area contributed by atoms with Gasteiger partial charge in [0.2, 0.25) is 0 Å². The Hall–Kier alpha value is 1.13. The molecule has 4 nitrogen and oxygen atoms in total. The van der Waals surface area contributed by atoms with Crippen LogP contribution < -0.4 is 22.9 Å². The molecule has 0 unspecified atom stereocenters. The van der Waals surface area contributed by atoms with Crippen molar-refractivity contribution in [1.82, 2.24) is 0 Å². The average molecular weight is 553 g/mol. The summed E-state index contributed by atoms with van der Waals surface area (Å²) >= 11 is 33.0. The Morgan fingerprint density at radius 3 is 0.529 bits per heavy atom. The zero-order valence-corrected chi connectivity index (χ0v) is 17.4. The zero-order valence-electron chi connectivity index (χ0n) is 7.98. The third kappa shape index (κ3) is 3080. The summed E-state index contributed by atoms with van der Waals surface area (Å²) in [4.78, 5) is 0. The predicted molar refractivity (Wildman–Crippen MR) is 96.6 cm³/mol. The van der Waals surface area contributed by atoms with Gasteiger partial charge in [0.05, 0.1) is 0 Å². The van der Waals surface area contributed by atoms with E-state index in [1.54, 1.807) is 0 Å². The maximum absolute atomic E-state index is 4.66. The normalized spacial score (nSPS) is 5.65. The maximum Gasteiger partial charge on any atom is 4.00 e. The van der Waals surface area contributed by atoms with Crippen molar-refractivity contribution < 1.29 is 21.1 Å². The summed E-state index contributed by atoms with van der Waals surface area (Å²) in [7, 11) is 0. The second kappa shape index (κ2) is 25.9. The average Bonchev–Trinajstić information content (AvgIpc) is 1.76. The number of hydrogen-bond donors (Lipinski definition) is 4. The molecule has 0 aliphatic heterocycles. The van der Waals surface area contributed by atoms with Crippen molar-refractivity contribution in [3.05, 3.63) is 0 Å². The first-order valence-electron chi connectivity index (χ1n) is 2.79. The number of hydrogen-bond acceptors (Lipinski definition) is 8. The standard InChI is InChI=1S/4CH3NS2.W/c4*2-1(3)4;/h4*(H3,2,3,4);/q;;;;+4/p-4. The van der Waals surface area contributed by atoms with E-state index in [-0.39, 0.29) is 38.3 Å². The summed E-state index contributed by atoms with van der Waals surface area (Å²) in [5.41, 5.74) is 18.6. The monoisotopic (exact) mass is 552 g/mol. The van der Waals surface area contributed by atoms with Gasteiger partial charge in [0.1, 0.15) is 0 Å². The van der Waals surface area contributed by atoms with E-state index in [1.807, 2.05) is 0 Å². The second-order valence-corrected chi connectivity index (χ2v) is 5.83. The molecule has 0 atom stereocenters. The molecule has 98 valence electrons. The van der Waals surface area contributed by atoms with Crippen LogP contribution in [0.2, 0.25) is 0 Å². The van der Waals surface area contributed by atoms with Crippen LogP contribution in [0.25, 0.3) is 0 Å². The Balaban J connectivity index is -0.0000000369. The van der Waals surface area contributed by atoms with E-state index in [0.717, 1.165) is 0 Å². The van der Waals surface area contributed by atoms with Gasteiger partial charge in [-0.3, -0.25) is 0 Å². The molecule has 17 heavy (non-hydrogen) atoms. The van der Waals surface area contributed by atoms with Crippen LogP contribution >= 0.6 is 48.9 Å². The largest absolute Gasteiger partial charge is 4.00 e. The number of nitrogens with two attached hydrogens (primary N) is 4. The van der Waals surface area contributed by atoms with Gasteiger partial charge in [-0.25, -0.2) is 0 Å². The van der Waals surface area contributed by atoms with E-state index < -0.39 is 0 Å². The van der Waals surface area contributed by atoms with Gasteiger partial charge in [-0.15, -0.1) is 0 Å².